The van der Waals surface area contributed by atoms with E-state index in [-0.39, 0.29) is 24.3 Å². The van der Waals surface area contributed by atoms with Gasteiger partial charge in [-0.05, 0) is 60.7 Å². The summed E-state index contributed by atoms with van der Waals surface area (Å²) >= 11 is 0. The number of nitrogens with zero attached hydrogens (tertiary/aromatic N) is 2. The fraction of sp³-hybridized carbons (Fsp3) is 0.222. The third-order valence-electron chi connectivity index (χ3n) is 6.81. The maximum Gasteiger partial charge on any atom is 0.412 e. The van der Waals surface area contributed by atoms with Crippen molar-refractivity contribution in [3.63, 3.8) is 0 Å². The Morgan fingerprint density at radius 2 is 1.58 bits per heavy atom. The number of carboxylic acid groups (broad SMARTS) is 1. The highest BCUT2D eigenvalue weighted by Crippen LogP contribution is 2.42. The van der Waals surface area contributed by atoms with E-state index in [1.165, 1.54) is 4.90 Å². The summed E-state index contributed by atoms with van der Waals surface area (Å²) in [6.45, 7) is 6.00. The summed E-state index contributed by atoms with van der Waals surface area (Å²) in [6.07, 6.45) is -0.482. The number of aryl methyl sites for hydroxylation is 2. The van der Waals surface area contributed by atoms with Crippen LogP contribution in [0.2, 0.25) is 0 Å². The Morgan fingerprint density at radius 3 is 2.24 bits per heavy atom. The molecule has 2 amide bonds. The van der Waals surface area contributed by atoms with E-state index in [9.17, 15) is 19.5 Å². The van der Waals surface area contributed by atoms with E-state index in [0.717, 1.165) is 22.3 Å². The minimum absolute atomic E-state index is 0.152. The Bertz CT molecular complexity index is 1340. The monoisotopic (exact) mass is 440 g/mol. The summed E-state index contributed by atoms with van der Waals surface area (Å²) in [5.74, 6) is -0.443. The van der Waals surface area contributed by atoms with Gasteiger partial charge < -0.3 is 10.0 Å². The van der Waals surface area contributed by atoms with Crippen molar-refractivity contribution in [3.05, 3.63) is 82.4 Å². The zero-order chi connectivity index (χ0) is 23.4. The molecule has 0 aromatic heterocycles. The topological polar surface area (TPSA) is 77.9 Å². The van der Waals surface area contributed by atoms with Crippen LogP contribution in [0, 0.1) is 13.8 Å². The van der Waals surface area contributed by atoms with Crippen molar-refractivity contribution >= 4 is 29.2 Å². The molecule has 0 saturated carbocycles. The number of anilines is 2. The zero-order valence-electron chi connectivity index (χ0n) is 18.8. The lowest BCUT2D eigenvalue weighted by Crippen LogP contribution is -2.53. The number of rotatable bonds is 2. The predicted molar refractivity (Wildman–Crippen MR) is 127 cm³/mol. The number of carbonyl (C=O) groups excluding carboxylic acids is 2. The largest absolute Gasteiger partial charge is 0.465 e. The van der Waals surface area contributed by atoms with Gasteiger partial charge in [0.15, 0.2) is 5.78 Å². The molecule has 3 aromatic carbocycles. The quantitative estimate of drug-likeness (QED) is 0.450. The summed E-state index contributed by atoms with van der Waals surface area (Å²) < 4.78 is 0. The highest BCUT2D eigenvalue weighted by molar-refractivity contribution is 6.27. The first-order chi connectivity index (χ1) is 15.8. The predicted octanol–water partition coefficient (Wildman–Crippen LogP) is 5.44. The Labute approximate surface area is 192 Å². The van der Waals surface area contributed by atoms with Crippen molar-refractivity contribution in [3.8, 4) is 11.1 Å². The molecular weight excluding hydrogens is 416 g/mol. The van der Waals surface area contributed by atoms with Crippen LogP contribution in [0.4, 0.5) is 16.2 Å². The second-order valence-corrected chi connectivity index (χ2v) is 8.66. The van der Waals surface area contributed by atoms with Gasteiger partial charge in [-0.1, -0.05) is 43.3 Å². The van der Waals surface area contributed by atoms with Gasteiger partial charge in [-0.2, -0.15) is 0 Å². The first-order valence-corrected chi connectivity index (χ1v) is 11.1. The first kappa shape index (κ1) is 20.9. The lowest BCUT2D eigenvalue weighted by Gasteiger charge is -2.41. The molecule has 6 heteroatoms. The Morgan fingerprint density at radius 1 is 0.939 bits per heavy atom. The number of carbonyl (C=O) groups is 3. The molecule has 5 rings (SSSR count). The Hall–Kier alpha value is -3.93. The zero-order valence-corrected chi connectivity index (χ0v) is 18.8. The summed E-state index contributed by atoms with van der Waals surface area (Å²) in [5, 5.41) is 9.93. The van der Waals surface area contributed by atoms with Crippen molar-refractivity contribution < 1.29 is 19.5 Å². The van der Waals surface area contributed by atoms with Crippen molar-refractivity contribution in [1.29, 1.82) is 0 Å². The summed E-state index contributed by atoms with van der Waals surface area (Å²) in [7, 11) is 0. The highest BCUT2D eigenvalue weighted by Gasteiger charge is 2.39. The van der Waals surface area contributed by atoms with Gasteiger partial charge in [-0.15, -0.1) is 0 Å². The molecule has 0 spiro atoms. The number of amides is 2. The molecule has 1 unspecified atom stereocenters. The highest BCUT2D eigenvalue weighted by atomic mass is 16.4. The van der Waals surface area contributed by atoms with Crippen LogP contribution < -0.4 is 9.80 Å². The summed E-state index contributed by atoms with van der Waals surface area (Å²) in [5.41, 5.74) is 5.93. The Kier molecular flexibility index (Phi) is 4.81. The van der Waals surface area contributed by atoms with E-state index in [2.05, 4.69) is 0 Å². The average Bonchev–Trinajstić information content (AvgIpc) is 3.11. The van der Waals surface area contributed by atoms with Crippen molar-refractivity contribution in [2.75, 3.05) is 16.3 Å². The number of hydrogen-bond acceptors (Lipinski definition) is 3. The number of benzene rings is 3. The summed E-state index contributed by atoms with van der Waals surface area (Å²) in [6, 6.07) is 16.1. The molecule has 2 aliphatic rings. The van der Waals surface area contributed by atoms with E-state index in [4.69, 9.17) is 0 Å². The molecule has 1 N–H and O–H groups in total. The lowest BCUT2D eigenvalue weighted by atomic mass is 9.96. The fourth-order valence-corrected chi connectivity index (χ4v) is 4.94. The van der Waals surface area contributed by atoms with Crippen LogP contribution >= 0.6 is 0 Å². The van der Waals surface area contributed by atoms with Crippen molar-refractivity contribution in [1.82, 2.24) is 0 Å². The standard InChI is InChI=1S/C27H24N2O4/c1-4-17-14-28(22-12-15(2)16(3)13-23(22)29(17)27(32)33)26(31)21-11-7-10-19-18-8-5-6-9-20(18)25(30)24(19)21/h5-13,17H,4,14H2,1-3H3,(H,32,33). The molecule has 1 aliphatic carbocycles. The van der Waals surface area contributed by atoms with E-state index < -0.39 is 6.09 Å². The van der Waals surface area contributed by atoms with Gasteiger partial charge in [0.2, 0.25) is 0 Å². The minimum Gasteiger partial charge on any atom is -0.465 e. The molecule has 0 fully saturated rings. The molecular formula is C27H24N2O4. The molecule has 33 heavy (non-hydrogen) atoms. The van der Waals surface area contributed by atoms with Crippen molar-refractivity contribution in [2.45, 2.75) is 33.2 Å². The maximum absolute atomic E-state index is 14.0. The van der Waals surface area contributed by atoms with Crippen LogP contribution in [-0.4, -0.2) is 35.5 Å². The smallest absolute Gasteiger partial charge is 0.412 e. The van der Waals surface area contributed by atoms with Gasteiger partial charge in [0.05, 0.1) is 23.0 Å². The number of ketones is 1. The van der Waals surface area contributed by atoms with E-state index in [1.807, 2.05) is 57.2 Å². The molecule has 0 saturated heterocycles. The Balaban J connectivity index is 1.67. The summed E-state index contributed by atoms with van der Waals surface area (Å²) in [4.78, 5) is 42.3. The van der Waals surface area contributed by atoms with Crippen LogP contribution in [0.3, 0.4) is 0 Å². The molecule has 1 heterocycles. The van der Waals surface area contributed by atoms with Gasteiger partial charge in [-0.3, -0.25) is 14.5 Å². The molecule has 1 atom stereocenters. The molecule has 6 nitrogen and oxygen atoms in total. The number of hydrogen-bond donors (Lipinski definition) is 1. The molecule has 1 aliphatic heterocycles. The molecule has 0 radical (unpaired) electrons. The third-order valence-corrected chi connectivity index (χ3v) is 6.81. The van der Waals surface area contributed by atoms with E-state index in [1.54, 1.807) is 23.1 Å². The molecule has 166 valence electrons. The van der Waals surface area contributed by atoms with Gasteiger partial charge in [0.1, 0.15) is 0 Å². The lowest BCUT2D eigenvalue weighted by molar-refractivity contribution is 0.0969. The van der Waals surface area contributed by atoms with Gasteiger partial charge in [0, 0.05) is 17.7 Å². The van der Waals surface area contributed by atoms with E-state index in [0.29, 0.717) is 34.5 Å². The second-order valence-electron chi connectivity index (χ2n) is 8.66. The van der Waals surface area contributed by atoms with Crippen LogP contribution in [-0.2, 0) is 0 Å². The fourth-order valence-electron chi connectivity index (χ4n) is 4.94. The first-order valence-electron chi connectivity index (χ1n) is 11.1. The van der Waals surface area contributed by atoms with Crippen LogP contribution in [0.1, 0.15) is 50.8 Å². The maximum atomic E-state index is 14.0. The van der Waals surface area contributed by atoms with E-state index >= 15 is 0 Å². The average molecular weight is 440 g/mol. The van der Waals surface area contributed by atoms with Gasteiger partial charge in [0.25, 0.3) is 5.91 Å². The third kappa shape index (κ3) is 3.05. The van der Waals surface area contributed by atoms with Crippen LogP contribution in [0.5, 0.6) is 0 Å². The number of fused-ring (bicyclic) bond motifs is 4. The SMILES string of the molecule is CCC1CN(C(=O)c2cccc3c2C(=O)c2ccccc2-3)c2cc(C)c(C)cc2N1C(=O)O. The molecule has 0 bridgehead atoms. The second kappa shape index (κ2) is 7.59. The normalized spacial score (nSPS) is 16.3. The van der Waals surface area contributed by atoms with Crippen LogP contribution in [0.25, 0.3) is 11.1 Å². The van der Waals surface area contributed by atoms with Crippen molar-refractivity contribution in [2.24, 2.45) is 0 Å². The van der Waals surface area contributed by atoms with Crippen LogP contribution in [0.15, 0.2) is 54.6 Å². The minimum atomic E-state index is -1.04. The van der Waals surface area contributed by atoms with Gasteiger partial charge in [-0.25, -0.2) is 4.79 Å². The molecule has 3 aromatic rings. The van der Waals surface area contributed by atoms with Gasteiger partial charge >= 0.3 is 6.09 Å².